The second kappa shape index (κ2) is 4.56. The molecule has 0 amide bonds. The average molecular weight is 190 g/mol. The van der Waals surface area contributed by atoms with Crippen LogP contribution >= 0.6 is 0 Å². The Bertz CT molecular complexity index is 375. The minimum Gasteiger partial charge on any atom is -0.323 e. The van der Waals surface area contributed by atoms with E-state index >= 15 is 0 Å². The summed E-state index contributed by atoms with van der Waals surface area (Å²) < 4.78 is 1.84. The van der Waals surface area contributed by atoms with Crippen LogP contribution in [0.4, 0.5) is 5.82 Å². The van der Waals surface area contributed by atoms with Gasteiger partial charge in [-0.15, -0.1) is 0 Å². The maximum absolute atomic E-state index is 10.8. The molecule has 3 heteroatoms. The molecule has 1 heterocycles. The van der Waals surface area contributed by atoms with Crippen molar-refractivity contribution in [2.45, 2.75) is 20.4 Å². The number of aldehydes is 1. The minimum atomic E-state index is 0.642. The Hall–Kier alpha value is -1.64. The molecular formula is C11H14N2O. The van der Waals surface area contributed by atoms with Crippen molar-refractivity contribution in [3.05, 3.63) is 23.4 Å². The van der Waals surface area contributed by atoms with Crippen LogP contribution in [0.1, 0.15) is 29.9 Å². The fourth-order valence-electron chi connectivity index (χ4n) is 1.49. The van der Waals surface area contributed by atoms with Gasteiger partial charge in [0.25, 0.3) is 0 Å². The van der Waals surface area contributed by atoms with E-state index in [1.807, 2.05) is 36.6 Å². The Morgan fingerprint density at radius 1 is 1.64 bits per heavy atom. The van der Waals surface area contributed by atoms with Gasteiger partial charge in [0.2, 0.25) is 0 Å². The van der Waals surface area contributed by atoms with Crippen molar-refractivity contribution in [2.75, 3.05) is 0 Å². The van der Waals surface area contributed by atoms with E-state index in [1.54, 1.807) is 0 Å². The molecule has 1 aromatic rings. The number of aliphatic imine (C=N–C) groups is 1. The highest BCUT2D eigenvalue weighted by Gasteiger charge is 2.09. The molecule has 0 spiro atoms. The van der Waals surface area contributed by atoms with Crippen molar-refractivity contribution in [2.24, 2.45) is 4.99 Å². The van der Waals surface area contributed by atoms with E-state index < -0.39 is 0 Å². The van der Waals surface area contributed by atoms with Crippen molar-refractivity contribution in [3.63, 3.8) is 0 Å². The normalized spacial score (nSPS) is 10.7. The van der Waals surface area contributed by atoms with E-state index in [-0.39, 0.29) is 0 Å². The van der Waals surface area contributed by atoms with Gasteiger partial charge in [0, 0.05) is 12.1 Å². The van der Waals surface area contributed by atoms with Crippen molar-refractivity contribution in [1.29, 1.82) is 0 Å². The van der Waals surface area contributed by atoms with E-state index in [0.717, 1.165) is 24.2 Å². The van der Waals surface area contributed by atoms with Gasteiger partial charge in [0.15, 0.2) is 6.29 Å². The van der Waals surface area contributed by atoms with Crippen LogP contribution in [0.15, 0.2) is 17.1 Å². The first-order valence-electron chi connectivity index (χ1n) is 4.56. The number of hydrogen-bond acceptors (Lipinski definition) is 2. The molecule has 1 rings (SSSR count). The highest BCUT2D eigenvalue weighted by atomic mass is 16.1. The first-order valence-corrected chi connectivity index (χ1v) is 4.56. The largest absolute Gasteiger partial charge is 0.323 e. The molecule has 0 aliphatic carbocycles. The third kappa shape index (κ3) is 1.66. The molecule has 0 unspecified atom stereocenters. The molecular weight excluding hydrogens is 176 g/mol. The minimum absolute atomic E-state index is 0.642. The van der Waals surface area contributed by atoms with Gasteiger partial charge < -0.3 is 4.57 Å². The maximum Gasteiger partial charge on any atom is 0.166 e. The summed E-state index contributed by atoms with van der Waals surface area (Å²) in [6.45, 7) is 8.13. The van der Waals surface area contributed by atoms with Gasteiger partial charge in [0.1, 0.15) is 5.82 Å². The summed E-state index contributed by atoms with van der Waals surface area (Å²) in [5, 5.41) is 0. The molecule has 3 nitrogen and oxygen atoms in total. The lowest BCUT2D eigenvalue weighted by molar-refractivity contribution is 0.111. The molecule has 0 fully saturated rings. The first kappa shape index (κ1) is 10.4. The van der Waals surface area contributed by atoms with Crippen LogP contribution in [0.3, 0.4) is 0 Å². The van der Waals surface area contributed by atoms with Crippen LogP contribution in [-0.4, -0.2) is 17.6 Å². The molecule has 0 aromatic carbocycles. The number of aromatic nitrogens is 1. The van der Waals surface area contributed by atoms with Gasteiger partial charge in [-0.25, -0.2) is 4.99 Å². The Kier molecular flexibility index (Phi) is 3.40. The smallest absolute Gasteiger partial charge is 0.166 e. The summed E-state index contributed by atoms with van der Waals surface area (Å²) in [6.07, 6.45) is 4.67. The van der Waals surface area contributed by atoms with Crippen molar-refractivity contribution in [3.8, 4) is 0 Å². The topological polar surface area (TPSA) is 34.4 Å². The zero-order valence-electron chi connectivity index (χ0n) is 8.53. The van der Waals surface area contributed by atoms with Crippen LogP contribution in [0.2, 0.25) is 0 Å². The molecule has 14 heavy (non-hydrogen) atoms. The molecule has 0 saturated heterocycles. The molecule has 0 aliphatic heterocycles. The molecule has 0 radical (unpaired) electrons. The molecule has 0 saturated carbocycles. The lowest BCUT2D eigenvalue weighted by Gasteiger charge is -2.03. The molecule has 74 valence electrons. The van der Waals surface area contributed by atoms with Crippen molar-refractivity contribution in [1.82, 2.24) is 4.57 Å². The number of carbonyl (C=O) groups excluding carboxylic acids is 1. The zero-order valence-corrected chi connectivity index (χ0v) is 8.53. The highest BCUT2D eigenvalue weighted by molar-refractivity contribution is 5.79. The third-order valence-electron chi connectivity index (χ3n) is 2.06. The summed E-state index contributed by atoms with van der Waals surface area (Å²) in [5.74, 6) is 0.757. The van der Waals surface area contributed by atoms with Crippen LogP contribution in [0.25, 0.3) is 6.08 Å². The first-order chi connectivity index (χ1) is 6.78. The molecule has 1 aromatic heterocycles. The van der Waals surface area contributed by atoms with Gasteiger partial charge in [-0.2, -0.15) is 0 Å². The Balaban J connectivity index is 3.37. The third-order valence-corrected chi connectivity index (χ3v) is 2.06. The number of carbonyl (C=O) groups is 1. The van der Waals surface area contributed by atoms with Gasteiger partial charge in [-0.3, -0.25) is 4.79 Å². The van der Waals surface area contributed by atoms with E-state index in [2.05, 4.69) is 11.7 Å². The van der Waals surface area contributed by atoms with E-state index in [1.165, 1.54) is 0 Å². The fourth-order valence-corrected chi connectivity index (χ4v) is 1.49. The monoisotopic (exact) mass is 190 g/mol. The lowest BCUT2D eigenvalue weighted by Crippen LogP contribution is -1.98. The molecule has 0 atom stereocenters. The fraction of sp³-hybridized carbons (Fsp3) is 0.273. The van der Waals surface area contributed by atoms with Crippen LogP contribution in [0, 0.1) is 0 Å². The zero-order chi connectivity index (χ0) is 10.6. The molecule has 0 N–H and O–H groups in total. The predicted octanol–water partition coefficient (Wildman–Crippen LogP) is 2.69. The Labute approximate surface area is 83.8 Å². The van der Waals surface area contributed by atoms with Crippen molar-refractivity contribution >= 4 is 24.9 Å². The predicted molar refractivity (Wildman–Crippen MR) is 59.4 cm³/mol. The number of allylic oxidation sites excluding steroid dienone is 1. The Morgan fingerprint density at radius 2 is 2.36 bits per heavy atom. The summed E-state index contributed by atoms with van der Waals surface area (Å²) in [7, 11) is 0. The Morgan fingerprint density at radius 3 is 2.79 bits per heavy atom. The van der Waals surface area contributed by atoms with Gasteiger partial charge in [-0.05, 0) is 26.6 Å². The SMILES string of the molecule is C=Nc1c(/C=C\C)cc(C=O)n1CC. The van der Waals surface area contributed by atoms with Gasteiger partial charge in [0.05, 0.1) is 5.69 Å². The summed E-state index contributed by atoms with van der Waals surface area (Å²) in [6, 6.07) is 1.82. The van der Waals surface area contributed by atoms with Crippen molar-refractivity contribution < 1.29 is 4.79 Å². The standard InChI is InChI=1S/C11H14N2O/c1-4-6-9-7-10(8-14)13(5-2)11(9)12-3/h4,6-8H,3,5H2,1-2H3/b6-4-. The molecule has 0 aliphatic rings. The average Bonchev–Trinajstić information content (AvgIpc) is 2.55. The van der Waals surface area contributed by atoms with E-state index in [0.29, 0.717) is 5.69 Å². The number of nitrogens with zero attached hydrogens (tertiary/aromatic N) is 2. The second-order valence-electron chi connectivity index (χ2n) is 2.87. The van der Waals surface area contributed by atoms with E-state index in [4.69, 9.17) is 0 Å². The summed E-state index contributed by atoms with van der Waals surface area (Å²) >= 11 is 0. The van der Waals surface area contributed by atoms with Gasteiger partial charge >= 0.3 is 0 Å². The summed E-state index contributed by atoms with van der Waals surface area (Å²) in [5.41, 5.74) is 1.58. The van der Waals surface area contributed by atoms with Crippen LogP contribution in [0.5, 0.6) is 0 Å². The highest BCUT2D eigenvalue weighted by Crippen LogP contribution is 2.24. The summed E-state index contributed by atoms with van der Waals surface area (Å²) in [4.78, 5) is 14.7. The van der Waals surface area contributed by atoms with Crippen LogP contribution < -0.4 is 0 Å². The number of rotatable bonds is 4. The second-order valence-corrected chi connectivity index (χ2v) is 2.87. The number of hydrogen-bond donors (Lipinski definition) is 0. The quantitative estimate of drug-likeness (QED) is 0.531. The van der Waals surface area contributed by atoms with Crippen LogP contribution in [-0.2, 0) is 6.54 Å². The lowest BCUT2D eigenvalue weighted by atomic mass is 10.3. The van der Waals surface area contributed by atoms with Gasteiger partial charge in [-0.1, -0.05) is 12.2 Å². The van der Waals surface area contributed by atoms with E-state index in [9.17, 15) is 4.79 Å². The maximum atomic E-state index is 10.8. The molecule has 0 bridgehead atoms.